The maximum absolute atomic E-state index is 12.2. The van der Waals surface area contributed by atoms with Gasteiger partial charge >= 0.3 is 0 Å². The van der Waals surface area contributed by atoms with Crippen molar-refractivity contribution in [1.82, 2.24) is 9.97 Å². The van der Waals surface area contributed by atoms with Gasteiger partial charge in [-0.3, -0.25) is 4.79 Å². The van der Waals surface area contributed by atoms with E-state index in [4.69, 9.17) is 5.73 Å². The lowest BCUT2D eigenvalue weighted by Crippen LogP contribution is -2.24. The molecule has 5 nitrogen and oxygen atoms in total. The predicted molar refractivity (Wildman–Crippen MR) is 78.5 cm³/mol. The van der Waals surface area contributed by atoms with E-state index in [1.54, 1.807) is 6.07 Å². The molecule has 0 saturated heterocycles. The smallest absolute Gasteiger partial charge is 0.262 e. The SMILES string of the molecule is Cc1cccc(-c2c(O)nc(C(N)C(C)C)[nH]c2=O)c1. The van der Waals surface area contributed by atoms with Crippen LogP contribution >= 0.6 is 0 Å². The van der Waals surface area contributed by atoms with Crippen LogP contribution in [0.25, 0.3) is 11.1 Å². The molecule has 0 spiro atoms. The average molecular weight is 273 g/mol. The Kier molecular flexibility index (Phi) is 3.90. The molecule has 5 heteroatoms. The molecular formula is C15H19N3O2. The minimum absolute atomic E-state index is 0.113. The van der Waals surface area contributed by atoms with Crippen LogP contribution in [0, 0.1) is 12.8 Å². The summed E-state index contributed by atoms with van der Waals surface area (Å²) < 4.78 is 0. The zero-order chi connectivity index (χ0) is 14.9. The first-order valence-corrected chi connectivity index (χ1v) is 6.56. The number of aryl methyl sites for hydroxylation is 1. The molecule has 0 saturated carbocycles. The first-order chi connectivity index (χ1) is 9.40. The number of aromatic amines is 1. The molecule has 1 aromatic carbocycles. The van der Waals surface area contributed by atoms with E-state index >= 15 is 0 Å². The van der Waals surface area contributed by atoms with Gasteiger partial charge < -0.3 is 15.8 Å². The van der Waals surface area contributed by atoms with Crippen LogP contribution in [0.1, 0.15) is 31.3 Å². The first kappa shape index (κ1) is 14.3. The van der Waals surface area contributed by atoms with Gasteiger partial charge in [-0.1, -0.05) is 43.7 Å². The summed E-state index contributed by atoms with van der Waals surface area (Å²) in [5.74, 6) is 0.131. The number of nitrogens with one attached hydrogen (secondary N) is 1. The van der Waals surface area contributed by atoms with Gasteiger partial charge in [0.05, 0.1) is 6.04 Å². The van der Waals surface area contributed by atoms with E-state index in [0.717, 1.165) is 5.56 Å². The van der Waals surface area contributed by atoms with Crippen molar-refractivity contribution in [3.05, 3.63) is 46.0 Å². The van der Waals surface area contributed by atoms with Gasteiger partial charge in [-0.15, -0.1) is 0 Å². The zero-order valence-electron chi connectivity index (χ0n) is 11.8. The van der Waals surface area contributed by atoms with Gasteiger partial charge in [0.1, 0.15) is 11.4 Å². The Morgan fingerprint density at radius 3 is 2.60 bits per heavy atom. The number of rotatable bonds is 3. The molecule has 0 aliphatic heterocycles. The summed E-state index contributed by atoms with van der Waals surface area (Å²) in [6.45, 7) is 5.78. The molecular weight excluding hydrogens is 254 g/mol. The minimum Gasteiger partial charge on any atom is -0.493 e. The Morgan fingerprint density at radius 1 is 1.35 bits per heavy atom. The third-order valence-electron chi connectivity index (χ3n) is 3.26. The summed E-state index contributed by atoms with van der Waals surface area (Å²) in [5, 5.41) is 10.1. The normalized spacial score (nSPS) is 12.7. The highest BCUT2D eigenvalue weighted by atomic mass is 16.3. The summed E-state index contributed by atoms with van der Waals surface area (Å²) in [7, 11) is 0. The molecule has 4 N–H and O–H groups in total. The number of nitrogens with two attached hydrogens (primary N) is 1. The van der Waals surface area contributed by atoms with Gasteiger partial charge in [-0.2, -0.15) is 4.98 Å². The van der Waals surface area contributed by atoms with Crippen LogP contribution in [0.4, 0.5) is 0 Å². The predicted octanol–water partition coefficient (Wildman–Crippen LogP) is 2.11. The quantitative estimate of drug-likeness (QED) is 0.798. The molecule has 2 rings (SSSR count). The third-order valence-corrected chi connectivity index (χ3v) is 3.26. The maximum Gasteiger partial charge on any atom is 0.262 e. The molecule has 2 aromatic rings. The fourth-order valence-corrected chi connectivity index (χ4v) is 2.01. The molecule has 1 aromatic heterocycles. The molecule has 0 bridgehead atoms. The largest absolute Gasteiger partial charge is 0.493 e. The van der Waals surface area contributed by atoms with Crippen LogP contribution in [-0.4, -0.2) is 15.1 Å². The molecule has 0 fully saturated rings. The molecule has 20 heavy (non-hydrogen) atoms. The van der Waals surface area contributed by atoms with Crippen LogP contribution in [-0.2, 0) is 0 Å². The van der Waals surface area contributed by atoms with Gasteiger partial charge in [0.25, 0.3) is 5.56 Å². The number of nitrogens with zero attached hydrogens (tertiary/aromatic N) is 1. The Morgan fingerprint density at radius 2 is 2.05 bits per heavy atom. The molecule has 1 atom stereocenters. The second kappa shape index (κ2) is 5.46. The van der Waals surface area contributed by atoms with E-state index in [1.165, 1.54) is 0 Å². The van der Waals surface area contributed by atoms with Crippen LogP contribution in [0.2, 0.25) is 0 Å². The van der Waals surface area contributed by atoms with Crippen LogP contribution < -0.4 is 11.3 Å². The lowest BCUT2D eigenvalue weighted by atomic mass is 10.0. The van der Waals surface area contributed by atoms with Crippen molar-refractivity contribution in [3.8, 4) is 17.0 Å². The highest BCUT2D eigenvalue weighted by Gasteiger charge is 2.18. The molecule has 0 radical (unpaired) electrons. The topological polar surface area (TPSA) is 92.0 Å². The van der Waals surface area contributed by atoms with E-state index in [2.05, 4.69) is 9.97 Å². The fraction of sp³-hybridized carbons (Fsp3) is 0.333. The van der Waals surface area contributed by atoms with Crippen molar-refractivity contribution >= 4 is 0 Å². The number of benzene rings is 1. The van der Waals surface area contributed by atoms with Gasteiger partial charge in [-0.05, 0) is 18.4 Å². The van der Waals surface area contributed by atoms with E-state index < -0.39 is 6.04 Å². The van der Waals surface area contributed by atoms with Crippen molar-refractivity contribution in [1.29, 1.82) is 0 Å². The Labute approximate surface area is 117 Å². The summed E-state index contributed by atoms with van der Waals surface area (Å²) in [6, 6.07) is 6.93. The van der Waals surface area contributed by atoms with Gasteiger partial charge in [0.15, 0.2) is 0 Å². The van der Waals surface area contributed by atoms with Crippen LogP contribution in [0.5, 0.6) is 5.88 Å². The summed E-state index contributed by atoms with van der Waals surface area (Å²) in [5.41, 5.74) is 7.38. The van der Waals surface area contributed by atoms with Crippen LogP contribution in [0.15, 0.2) is 29.1 Å². The second-order valence-corrected chi connectivity index (χ2v) is 5.29. The standard InChI is InChI=1S/C15H19N3O2/c1-8(2)12(16)13-17-14(19)11(15(20)18-13)10-6-4-5-9(3)7-10/h4-8,12H,16H2,1-3H3,(H2,17,18,19,20). The second-order valence-electron chi connectivity index (χ2n) is 5.29. The zero-order valence-corrected chi connectivity index (χ0v) is 11.8. The molecule has 0 aliphatic carbocycles. The molecule has 106 valence electrons. The van der Waals surface area contributed by atoms with Gasteiger partial charge in [0.2, 0.25) is 5.88 Å². The molecule has 1 unspecified atom stereocenters. The van der Waals surface area contributed by atoms with E-state index in [0.29, 0.717) is 11.4 Å². The summed E-state index contributed by atoms with van der Waals surface area (Å²) >= 11 is 0. The van der Waals surface area contributed by atoms with Crippen molar-refractivity contribution in [2.24, 2.45) is 11.7 Å². The summed E-state index contributed by atoms with van der Waals surface area (Å²) in [4.78, 5) is 18.9. The Hall–Kier alpha value is -2.14. The van der Waals surface area contributed by atoms with Crippen molar-refractivity contribution < 1.29 is 5.11 Å². The van der Waals surface area contributed by atoms with E-state index in [9.17, 15) is 9.90 Å². The monoisotopic (exact) mass is 273 g/mol. The number of aromatic nitrogens is 2. The average Bonchev–Trinajstić information content (AvgIpc) is 2.36. The molecule has 0 aliphatic rings. The lowest BCUT2D eigenvalue weighted by molar-refractivity contribution is 0.433. The van der Waals surface area contributed by atoms with Gasteiger partial charge in [0, 0.05) is 0 Å². The molecule has 1 heterocycles. The van der Waals surface area contributed by atoms with E-state index in [1.807, 2.05) is 39.0 Å². The Balaban J connectivity index is 2.55. The number of aromatic hydroxyl groups is 1. The molecule has 0 amide bonds. The highest BCUT2D eigenvalue weighted by molar-refractivity contribution is 5.67. The fourth-order valence-electron chi connectivity index (χ4n) is 2.01. The maximum atomic E-state index is 12.2. The Bertz CT molecular complexity index is 677. The van der Waals surface area contributed by atoms with Crippen molar-refractivity contribution in [3.63, 3.8) is 0 Å². The minimum atomic E-state index is -0.417. The third kappa shape index (κ3) is 2.72. The number of H-pyrrole nitrogens is 1. The number of hydrogen-bond acceptors (Lipinski definition) is 4. The van der Waals surface area contributed by atoms with Gasteiger partial charge in [-0.25, -0.2) is 0 Å². The number of hydrogen-bond donors (Lipinski definition) is 3. The van der Waals surface area contributed by atoms with E-state index in [-0.39, 0.29) is 22.9 Å². The van der Waals surface area contributed by atoms with Crippen LogP contribution in [0.3, 0.4) is 0 Å². The van der Waals surface area contributed by atoms with Crippen molar-refractivity contribution in [2.75, 3.05) is 0 Å². The first-order valence-electron chi connectivity index (χ1n) is 6.56. The highest BCUT2D eigenvalue weighted by Crippen LogP contribution is 2.25. The van der Waals surface area contributed by atoms with Crippen molar-refractivity contribution in [2.45, 2.75) is 26.8 Å². The summed E-state index contributed by atoms with van der Waals surface area (Å²) in [6.07, 6.45) is 0. The lowest BCUT2D eigenvalue weighted by Gasteiger charge is -2.15.